The second-order valence-corrected chi connectivity index (χ2v) is 7.02. The number of carboxylic acid groups (broad SMARTS) is 1. The van der Waals surface area contributed by atoms with E-state index in [4.69, 9.17) is 0 Å². The summed E-state index contributed by atoms with van der Waals surface area (Å²) < 4.78 is 0. The van der Waals surface area contributed by atoms with Crippen molar-refractivity contribution in [2.24, 2.45) is 11.3 Å². The van der Waals surface area contributed by atoms with Gasteiger partial charge in [0.05, 0.1) is 5.41 Å². The minimum Gasteiger partial charge on any atom is -0.481 e. The normalized spacial score (nSPS) is 11.3. The molecule has 1 aromatic carbocycles. The number of nitrogens with zero attached hydrogens (tertiary/aromatic N) is 1. The van der Waals surface area contributed by atoms with Crippen LogP contribution >= 0.6 is 0 Å². The number of amides is 2. The summed E-state index contributed by atoms with van der Waals surface area (Å²) in [6.45, 7) is 7.92. The number of hydrogen-bond donors (Lipinski definition) is 2. The first-order valence-electron chi connectivity index (χ1n) is 9.02. The third-order valence-electron chi connectivity index (χ3n) is 4.90. The lowest BCUT2D eigenvalue weighted by Gasteiger charge is -2.26. The van der Waals surface area contributed by atoms with Crippen molar-refractivity contribution >= 4 is 17.8 Å². The second kappa shape index (κ2) is 9.36. The summed E-state index contributed by atoms with van der Waals surface area (Å²) in [5, 5.41) is 12.2. The highest BCUT2D eigenvalue weighted by Crippen LogP contribution is 2.25. The number of benzene rings is 1. The molecule has 0 fully saturated rings. The maximum atomic E-state index is 12.3. The van der Waals surface area contributed by atoms with E-state index in [-0.39, 0.29) is 24.3 Å². The first kappa shape index (κ1) is 21.7. The molecular weight excluding hydrogens is 332 g/mol. The van der Waals surface area contributed by atoms with Gasteiger partial charge in [-0.15, -0.1) is 0 Å². The number of nitrogens with one attached hydrogen (secondary N) is 1. The van der Waals surface area contributed by atoms with E-state index in [0.717, 1.165) is 5.56 Å². The van der Waals surface area contributed by atoms with Crippen LogP contribution < -0.4 is 5.32 Å². The topological polar surface area (TPSA) is 86.7 Å². The van der Waals surface area contributed by atoms with Crippen LogP contribution in [0.25, 0.3) is 0 Å². The van der Waals surface area contributed by atoms with Crippen molar-refractivity contribution in [3.05, 3.63) is 35.4 Å². The molecule has 1 aromatic rings. The molecule has 0 radical (unpaired) electrons. The molecular formula is C20H30N2O4. The van der Waals surface area contributed by atoms with Crippen molar-refractivity contribution in [1.82, 2.24) is 10.2 Å². The minimum atomic E-state index is -0.935. The Bertz CT molecular complexity index is 634. The van der Waals surface area contributed by atoms with E-state index in [0.29, 0.717) is 24.9 Å². The van der Waals surface area contributed by atoms with Gasteiger partial charge in [0, 0.05) is 31.6 Å². The Hall–Kier alpha value is -2.37. The molecule has 2 N–H and O–H groups in total. The van der Waals surface area contributed by atoms with E-state index < -0.39 is 11.4 Å². The molecule has 1 rings (SSSR count). The first-order valence-corrected chi connectivity index (χ1v) is 9.02. The summed E-state index contributed by atoms with van der Waals surface area (Å²) >= 11 is 0. The van der Waals surface area contributed by atoms with Crippen LogP contribution in [0.4, 0.5) is 0 Å². The highest BCUT2D eigenvalue weighted by Gasteiger charge is 2.35. The molecule has 0 aliphatic carbocycles. The van der Waals surface area contributed by atoms with Crippen molar-refractivity contribution in [3.63, 3.8) is 0 Å². The van der Waals surface area contributed by atoms with Gasteiger partial charge in [-0.3, -0.25) is 14.4 Å². The van der Waals surface area contributed by atoms with Crippen molar-refractivity contribution in [2.75, 3.05) is 13.6 Å². The van der Waals surface area contributed by atoms with Crippen LogP contribution in [0, 0.1) is 11.3 Å². The van der Waals surface area contributed by atoms with Gasteiger partial charge in [-0.05, 0) is 30.5 Å². The van der Waals surface area contributed by atoms with Gasteiger partial charge in [0.2, 0.25) is 5.91 Å². The smallest absolute Gasteiger partial charge is 0.311 e. The fourth-order valence-electron chi connectivity index (χ4n) is 2.78. The maximum absolute atomic E-state index is 12.3. The van der Waals surface area contributed by atoms with E-state index in [9.17, 15) is 19.5 Å². The lowest BCUT2D eigenvalue weighted by molar-refractivity contribution is -0.149. The quantitative estimate of drug-likeness (QED) is 0.707. The van der Waals surface area contributed by atoms with Crippen molar-refractivity contribution in [2.45, 2.75) is 47.1 Å². The van der Waals surface area contributed by atoms with Gasteiger partial charge in [-0.2, -0.15) is 0 Å². The average Bonchev–Trinajstić information content (AvgIpc) is 2.62. The summed E-state index contributed by atoms with van der Waals surface area (Å²) in [6.07, 6.45) is 0.905. The first-order chi connectivity index (χ1) is 12.2. The molecule has 0 spiro atoms. The van der Waals surface area contributed by atoms with Crippen LogP contribution in [0.5, 0.6) is 0 Å². The Morgan fingerprint density at radius 2 is 1.65 bits per heavy atom. The van der Waals surface area contributed by atoms with Crippen LogP contribution in [0.3, 0.4) is 0 Å². The van der Waals surface area contributed by atoms with Crippen LogP contribution in [0.2, 0.25) is 0 Å². The zero-order chi connectivity index (χ0) is 19.9. The largest absolute Gasteiger partial charge is 0.481 e. The van der Waals surface area contributed by atoms with Crippen LogP contribution in [0.15, 0.2) is 24.3 Å². The van der Waals surface area contributed by atoms with E-state index in [1.807, 2.05) is 39.8 Å². The van der Waals surface area contributed by atoms with Crippen LogP contribution in [0.1, 0.15) is 56.5 Å². The molecule has 0 atom stereocenters. The van der Waals surface area contributed by atoms with E-state index in [1.54, 1.807) is 24.1 Å². The number of hydrogen-bond acceptors (Lipinski definition) is 3. The van der Waals surface area contributed by atoms with Crippen LogP contribution in [-0.2, 0) is 16.1 Å². The van der Waals surface area contributed by atoms with Crippen molar-refractivity contribution in [3.8, 4) is 0 Å². The number of carbonyl (C=O) groups excluding carboxylic acids is 2. The Morgan fingerprint density at radius 3 is 2.08 bits per heavy atom. The molecule has 0 aliphatic rings. The molecule has 0 aliphatic heterocycles. The number of carbonyl (C=O) groups is 3. The fourth-order valence-corrected chi connectivity index (χ4v) is 2.78. The van der Waals surface area contributed by atoms with E-state index in [2.05, 4.69) is 5.32 Å². The zero-order valence-electron chi connectivity index (χ0n) is 16.3. The Labute approximate surface area is 155 Å². The fraction of sp³-hybridized carbons (Fsp3) is 0.550. The van der Waals surface area contributed by atoms with Gasteiger partial charge in [-0.1, -0.05) is 39.8 Å². The summed E-state index contributed by atoms with van der Waals surface area (Å²) in [4.78, 5) is 37.4. The molecule has 0 bridgehead atoms. The molecule has 0 heterocycles. The van der Waals surface area contributed by atoms with E-state index >= 15 is 0 Å². The molecule has 144 valence electrons. The summed E-state index contributed by atoms with van der Waals surface area (Å²) in [5.74, 6) is -1.18. The standard InChI is InChI=1S/C20H30N2O4/c1-6-20(7-2,19(25)26)13-21-17(23)16-10-8-15(9-11-16)12-22(5)18(24)14(3)4/h8-11,14H,6-7,12-13H2,1-5H3,(H,21,23)(H,25,26). The molecule has 0 saturated heterocycles. The van der Waals surface area contributed by atoms with Gasteiger partial charge in [0.25, 0.3) is 5.91 Å². The lowest BCUT2D eigenvalue weighted by atomic mass is 9.82. The summed E-state index contributed by atoms with van der Waals surface area (Å²) in [7, 11) is 1.75. The Balaban J connectivity index is 2.72. The average molecular weight is 362 g/mol. The molecule has 2 amide bonds. The molecule has 0 aromatic heterocycles. The monoisotopic (exact) mass is 362 g/mol. The van der Waals surface area contributed by atoms with Gasteiger partial charge in [0.15, 0.2) is 0 Å². The van der Waals surface area contributed by atoms with Gasteiger partial charge in [-0.25, -0.2) is 0 Å². The highest BCUT2D eigenvalue weighted by atomic mass is 16.4. The van der Waals surface area contributed by atoms with Crippen LogP contribution in [-0.4, -0.2) is 41.4 Å². The summed E-state index contributed by atoms with van der Waals surface area (Å²) in [6, 6.07) is 7.00. The minimum absolute atomic E-state index is 0.0586. The molecule has 26 heavy (non-hydrogen) atoms. The van der Waals surface area contributed by atoms with Crippen molar-refractivity contribution in [1.29, 1.82) is 0 Å². The molecule has 0 saturated carbocycles. The number of carboxylic acids is 1. The number of aliphatic carboxylic acids is 1. The van der Waals surface area contributed by atoms with E-state index in [1.165, 1.54) is 0 Å². The third kappa shape index (κ3) is 5.31. The van der Waals surface area contributed by atoms with Gasteiger partial charge >= 0.3 is 5.97 Å². The molecule has 6 heteroatoms. The molecule has 6 nitrogen and oxygen atoms in total. The predicted molar refractivity (Wildman–Crippen MR) is 101 cm³/mol. The third-order valence-corrected chi connectivity index (χ3v) is 4.90. The lowest BCUT2D eigenvalue weighted by Crippen LogP contribution is -2.42. The van der Waals surface area contributed by atoms with Gasteiger partial charge in [0.1, 0.15) is 0 Å². The van der Waals surface area contributed by atoms with Gasteiger partial charge < -0.3 is 15.3 Å². The van der Waals surface area contributed by atoms with Crippen molar-refractivity contribution < 1.29 is 19.5 Å². The number of rotatable bonds is 9. The maximum Gasteiger partial charge on any atom is 0.311 e. The SMILES string of the molecule is CCC(CC)(CNC(=O)c1ccc(CN(C)C(=O)C(C)C)cc1)C(=O)O. The highest BCUT2D eigenvalue weighted by molar-refractivity contribution is 5.94. The second-order valence-electron chi connectivity index (χ2n) is 7.02. The Morgan fingerprint density at radius 1 is 1.12 bits per heavy atom. The predicted octanol–water partition coefficient (Wildman–Crippen LogP) is 2.92. The zero-order valence-corrected chi connectivity index (χ0v) is 16.3. The Kier molecular flexibility index (Phi) is 7.80. The molecule has 0 unspecified atom stereocenters. The summed E-state index contributed by atoms with van der Waals surface area (Å²) in [5.41, 5.74) is 0.466.